The van der Waals surface area contributed by atoms with Crippen molar-refractivity contribution in [1.29, 1.82) is 5.26 Å². The number of rotatable bonds is 9. The molecule has 5 aromatic heterocycles. The van der Waals surface area contributed by atoms with E-state index in [2.05, 4.69) is 364 Å². The first-order valence-corrected chi connectivity index (χ1v) is 32.9. The van der Waals surface area contributed by atoms with Crippen LogP contribution in [0.2, 0.25) is 0 Å². The van der Waals surface area contributed by atoms with Crippen molar-refractivity contribution in [3.63, 3.8) is 0 Å². The molecule has 0 aliphatic carbocycles. The molecule has 94 heavy (non-hydrogen) atoms. The first-order chi connectivity index (χ1) is 44.6. The van der Waals surface area contributed by atoms with E-state index >= 15 is 0 Å². The first kappa shape index (κ1) is 70.0. The largest absolute Gasteiger partial charge is 0.238 e. The Morgan fingerprint density at radius 1 is 0.394 bits per heavy atom. The van der Waals surface area contributed by atoms with Crippen LogP contribution in [0.15, 0.2) is 189 Å². The molecule has 12 aromatic rings. The SMILES string of the molecule is Cc1cc(C#N)ccc1-[n+]1cc(-c2c(C(C)C)cc(-c3ccccc3)cc2C(C)C)c(C)n1C.Cc1ccc(C)c(-[n+]2cc(C)c(C)n2C)c1.Cc1ccc(C)c(-[n+]2ccc(C)n2C)c1.Cc1ccc(C)c(-n2cc(C)c[n+]2C)c1.Cc1ccc(C)c(-n2ccc[n+]2C)c1. The number of benzene rings is 7. The molecule has 0 aliphatic rings. The van der Waals surface area contributed by atoms with E-state index in [1.165, 1.54) is 129 Å². The molecule has 0 atom stereocenters. The summed E-state index contributed by atoms with van der Waals surface area (Å²) in [5.41, 5.74) is 32.5. The maximum Gasteiger partial charge on any atom is 0.238 e. The average molecular weight is 1250 g/mol. The van der Waals surface area contributed by atoms with Crippen LogP contribution in [0.3, 0.4) is 0 Å². The second-order valence-electron chi connectivity index (χ2n) is 26.4. The van der Waals surface area contributed by atoms with Gasteiger partial charge in [-0.2, -0.15) is 19.3 Å². The minimum absolute atomic E-state index is 0.390. The van der Waals surface area contributed by atoms with Crippen molar-refractivity contribution >= 4 is 0 Å². The molecule has 0 saturated carbocycles. The number of nitriles is 1. The normalized spacial score (nSPS) is 10.9. The van der Waals surface area contributed by atoms with Crippen molar-refractivity contribution in [2.24, 2.45) is 35.2 Å². The van der Waals surface area contributed by atoms with Crippen LogP contribution in [0.1, 0.15) is 135 Å². The van der Waals surface area contributed by atoms with Gasteiger partial charge in [-0.1, -0.05) is 133 Å². The molecule has 0 fully saturated rings. The van der Waals surface area contributed by atoms with Gasteiger partial charge in [-0.15, -0.1) is 18.7 Å². The Morgan fingerprint density at radius 3 is 1.36 bits per heavy atom. The molecule has 11 nitrogen and oxygen atoms in total. The van der Waals surface area contributed by atoms with Crippen LogP contribution in [0.5, 0.6) is 0 Å². The van der Waals surface area contributed by atoms with Gasteiger partial charge in [-0.25, -0.2) is 0 Å². The van der Waals surface area contributed by atoms with Gasteiger partial charge in [-0.05, 0) is 194 Å². The second kappa shape index (κ2) is 30.2. The van der Waals surface area contributed by atoms with E-state index in [0.717, 1.165) is 11.3 Å². The molecule has 0 spiro atoms. The molecule has 7 aromatic carbocycles. The van der Waals surface area contributed by atoms with Crippen LogP contribution in [0.25, 0.3) is 50.7 Å². The van der Waals surface area contributed by atoms with Gasteiger partial charge in [0.25, 0.3) is 0 Å². The molecule has 0 radical (unpaired) electrons. The minimum Gasteiger partial charge on any atom is -0.192 e. The molecule has 0 amide bonds. The van der Waals surface area contributed by atoms with Gasteiger partial charge in [0.15, 0.2) is 26.5 Å². The highest BCUT2D eigenvalue weighted by molar-refractivity contribution is 5.79. The second-order valence-corrected chi connectivity index (χ2v) is 26.4. The lowest BCUT2D eigenvalue weighted by atomic mass is 9.82. The van der Waals surface area contributed by atoms with E-state index in [1.54, 1.807) is 0 Å². The van der Waals surface area contributed by atoms with Gasteiger partial charge in [0.05, 0.1) is 67.8 Å². The van der Waals surface area contributed by atoms with Gasteiger partial charge >= 0.3 is 0 Å². The van der Waals surface area contributed by atoms with Crippen molar-refractivity contribution in [3.8, 4) is 56.8 Å². The Balaban J connectivity index is 0.000000160. The van der Waals surface area contributed by atoms with Gasteiger partial charge in [-0.3, -0.25) is 0 Å². The topological polar surface area (TPSA) is 67.8 Å². The highest BCUT2D eigenvalue weighted by atomic mass is 15.4. The Labute approximate surface area is 561 Å². The fourth-order valence-corrected chi connectivity index (χ4v) is 12.1. The fourth-order valence-electron chi connectivity index (χ4n) is 12.1. The Morgan fingerprint density at radius 2 is 0.904 bits per heavy atom. The van der Waals surface area contributed by atoms with Gasteiger partial charge in [0.1, 0.15) is 11.4 Å². The van der Waals surface area contributed by atoms with Crippen LogP contribution in [0, 0.1) is 108 Å². The summed E-state index contributed by atoms with van der Waals surface area (Å²) in [6.45, 7) is 39.0. The molecule has 12 rings (SSSR count). The summed E-state index contributed by atoms with van der Waals surface area (Å²) < 4.78 is 21.7. The Hall–Kier alpha value is -9.92. The average Bonchev–Trinajstić information content (AvgIpc) is 1.52. The Bertz CT molecular complexity index is 4600. The third kappa shape index (κ3) is 15.9. The smallest absolute Gasteiger partial charge is 0.192 e. The molecule has 0 bridgehead atoms. The molecule has 11 heteroatoms. The molecule has 0 aliphatic heterocycles. The summed E-state index contributed by atoms with van der Waals surface area (Å²) >= 11 is 0. The number of nitrogens with zero attached hydrogens (tertiary/aromatic N) is 11. The quantitative estimate of drug-likeness (QED) is 0.133. The zero-order chi connectivity index (χ0) is 68.6. The van der Waals surface area contributed by atoms with Crippen LogP contribution >= 0.6 is 0 Å². The van der Waals surface area contributed by atoms with Crippen molar-refractivity contribution in [1.82, 2.24) is 23.4 Å². The summed E-state index contributed by atoms with van der Waals surface area (Å²) in [5.74, 6) is 0.779. The summed E-state index contributed by atoms with van der Waals surface area (Å²) in [5, 5.41) is 9.28. The van der Waals surface area contributed by atoms with Crippen molar-refractivity contribution in [2.45, 2.75) is 136 Å². The lowest BCUT2D eigenvalue weighted by molar-refractivity contribution is -0.744. The van der Waals surface area contributed by atoms with Crippen LogP contribution in [-0.4, -0.2) is 23.4 Å². The lowest BCUT2D eigenvalue weighted by Gasteiger charge is -2.21. The zero-order valence-electron chi connectivity index (χ0n) is 60.5. The molecule has 5 heterocycles. The number of aromatic nitrogens is 10. The van der Waals surface area contributed by atoms with E-state index in [9.17, 15) is 5.26 Å². The van der Waals surface area contributed by atoms with Crippen molar-refractivity contribution in [3.05, 3.63) is 284 Å². The number of hydrogen-bond acceptors (Lipinski definition) is 1. The van der Waals surface area contributed by atoms with E-state index in [0.29, 0.717) is 17.4 Å². The van der Waals surface area contributed by atoms with Crippen LogP contribution < -0.4 is 23.4 Å². The van der Waals surface area contributed by atoms with Gasteiger partial charge < -0.3 is 0 Å². The zero-order valence-corrected chi connectivity index (χ0v) is 60.5. The monoisotopic (exact) mass is 1250 g/mol. The highest BCUT2D eigenvalue weighted by Gasteiger charge is 2.28. The standard InChI is InChI=1S/C31H34N3.C14H19N2.2C13H17N2.C12H15N2/c1-20(2)27-16-26(25-11-9-8-10-12-25)17-28(21(3)4)31(27)29-19-34(33(7)23(29)6)30-14-13-24(18-32)15-22(30)5;1-10-6-7-11(2)14(8-10)16-9-12(3)13(4)15(16)5;1-10-5-6-12(3)13(7-10)15-9-11(2)8-14(15)4;1-10-5-6-11(2)13(9-10)15-8-7-12(3)14(15)4;1-10-5-6-11(2)12(9-10)14-8-4-7-13(14)3/h8-17,19-21H,1-7H3;6-9H,1-5H3;2*5-9H,1-4H3;4-9H,1-3H3/q5*+1. The van der Waals surface area contributed by atoms with Crippen LogP contribution in [0.4, 0.5) is 0 Å². The highest BCUT2D eigenvalue weighted by Crippen LogP contribution is 2.41. The molecular formula is C83H102N11+5. The maximum absolute atomic E-state index is 9.28. The minimum atomic E-state index is 0.390. The molecular weight excluding hydrogens is 1150 g/mol. The fraction of sp³-hybridized carbons (Fsp3) is 0.301. The van der Waals surface area contributed by atoms with E-state index < -0.39 is 0 Å². The molecule has 0 unspecified atom stereocenters. The predicted molar refractivity (Wildman–Crippen MR) is 385 cm³/mol. The number of hydrogen-bond donors (Lipinski definition) is 0. The number of aryl methyl sites for hydroxylation is 14. The van der Waals surface area contributed by atoms with E-state index in [-0.39, 0.29) is 0 Å². The van der Waals surface area contributed by atoms with Crippen molar-refractivity contribution in [2.75, 3.05) is 0 Å². The van der Waals surface area contributed by atoms with Crippen LogP contribution in [-0.2, 0) is 35.2 Å². The van der Waals surface area contributed by atoms with E-state index in [1.807, 2.05) is 37.5 Å². The first-order valence-electron chi connectivity index (χ1n) is 32.9. The van der Waals surface area contributed by atoms with Gasteiger partial charge in [0.2, 0.25) is 35.7 Å². The molecule has 0 saturated heterocycles. The summed E-state index contributed by atoms with van der Waals surface area (Å²) in [4.78, 5) is 0. The third-order valence-corrected chi connectivity index (χ3v) is 18.2. The van der Waals surface area contributed by atoms with E-state index in [4.69, 9.17) is 0 Å². The van der Waals surface area contributed by atoms with Crippen molar-refractivity contribution < 1.29 is 23.4 Å². The van der Waals surface area contributed by atoms with Gasteiger partial charge in [0, 0.05) is 58.1 Å². The predicted octanol–water partition coefficient (Wildman–Crippen LogP) is 16.3. The third-order valence-electron chi connectivity index (χ3n) is 18.2. The Kier molecular flexibility index (Phi) is 22.5. The molecule has 484 valence electrons. The molecule has 0 N–H and O–H groups in total. The summed E-state index contributed by atoms with van der Waals surface area (Å²) in [6.07, 6.45) is 15.0. The maximum atomic E-state index is 9.28. The summed E-state index contributed by atoms with van der Waals surface area (Å²) in [6, 6.07) is 53.9. The lowest BCUT2D eigenvalue weighted by Crippen LogP contribution is -2.39. The summed E-state index contributed by atoms with van der Waals surface area (Å²) in [7, 11) is 10.4.